The summed E-state index contributed by atoms with van der Waals surface area (Å²) in [6, 6.07) is 0. The van der Waals surface area contributed by atoms with Gasteiger partial charge in [0, 0.05) is 12.1 Å². The van der Waals surface area contributed by atoms with E-state index < -0.39 is 0 Å². The molecule has 2 unspecified atom stereocenters. The molecule has 1 aromatic heterocycles. The maximum absolute atomic E-state index is 5.74. The van der Waals surface area contributed by atoms with Crippen molar-refractivity contribution >= 4 is 11.6 Å². The Labute approximate surface area is 96.7 Å². The summed E-state index contributed by atoms with van der Waals surface area (Å²) in [7, 11) is 0. The zero-order valence-corrected chi connectivity index (χ0v) is 10.0. The minimum Gasteiger partial charge on any atom is -0.383 e. The number of anilines is 2. The summed E-state index contributed by atoms with van der Waals surface area (Å²) in [6.07, 6.45) is 5.53. The Bertz CT molecular complexity index is 364. The van der Waals surface area contributed by atoms with Crippen LogP contribution < -0.4 is 11.1 Å². The molecule has 0 spiro atoms. The lowest BCUT2D eigenvalue weighted by atomic mass is 10.1. The minimum absolute atomic E-state index is 0.567. The number of nitrogens with one attached hydrogen (secondary N) is 1. The van der Waals surface area contributed by atoms with Gasteiger partial charge in [-0.15, -0.1) is 0 Å². The predicted octanol–water partition coefficient (Wildman–Crippen LogP) is 2.22. The molecule has 1 fully saturated rings. The van der Waals surface area contributed by atoms with Crippen molar-refractivity contribution in [1.29, 1.82) is 0 Å². The van der Waals surface area contributed by atoms with Gasteiger partial charge in [-0.05, 0) is 31.6 Å². The van der Waals surface area contributed by atoms with Crippen molar-refractivity contribution in [2.75, 3.05) is 17.6 Å². The average molecular weight is 220 g/mol. The summed E-state index contributed by atoms with van der Waals surface area (Å²) in [5.41, 5.74) is 6.69. The molecular weight excluding hydrogens is 200 g/mol. The number of aromatic nitrogens is 2. The molecule has 1 aliphatic carbocycles. The van der Waals surface area contributed by atoms with Crippen LogP contribution in [0.1, 0.15) is 31.7 Å². The lowest BCUT2D eigenvalue weighted by Gasteiger charge is -2.13. The first-order chi connectivity index (χ1) is 7.66. The number of nitrogen functional groups attached to an aromatic ring is 1. The topological polar surface area (TPSA) is 63.8 Å². The fraction of sp³-hybridized carbons (Fsp3) is 0.667. The van der Waals surface area contributed by atoms with Crippen molar-refractivity contribution in [2.45, 2.75) is 33.1 Å². The van der Waals surface area contributed by atoms with Crippen LogP contribution in [0.2, 0.25) is 0 Å². The fourth-order valence-corrected chi connectivity index (χ4v) is 2.39. The van der Waals surface area contributed by atoms with E-state index in [-0.39, 0.29) is 0 Å². The summed E-state index contributed by atoms with van der Waals surface area (Å²) in [6.45, 7) is 5.28. The normalized spacial score (nSPS) is 24.6. The quantitative estimate of drug-likeness (QED) is 0.819. The Morgan fingerprint density at radius 2 is 2.25 bits per heavy atom. The molecule has 1 aliphatic rings. The molecule has 0 bridgehead atoms. The van der Waals surface area contributed by atoms with E-state index in [0.29, 0.717) is 5.82 Å². The summed E-state index contributed by atoms with van der Waals surface area (Å²) in [4.78, 5) is 8.17. The van der Waals surface area contributed by atoms with Crippen LogP contribution in [0.5, 0.6) is 0 Å². The Balaban J connectivity index is 1.92. The van der Waals surface area contributed by atoms with Crippen molar-refractivity contribution in [3.63, 3.8) is 0 Å². The van der Waals surface area contributed by atoms with Gasteiger partial charge in [-0.2, -0.15) is 0 Å². The van der Waals surface area contributed by atoms with E-state index in [2.05, 4.69) is 22.2 Å². The highest BCUT2D eigenvalue weighted by atomic mass is 15.0. The number of nitrogens with two attached hydrogens (primary N) is 1. The number of hydrogen-bond donors (Lipinski definition) is 2. The maximum atomic E-state index is 5.74. The Morgan fingerprint density at radius 1 is 1.44 bits per heavy atom. The molecule has 2 rings (SSSR count). The first-order valence-electron chi connectivity index (χ1n) is 5.97. The lowest BCUT2D eigenvalue weighted by molar-refractivity contribution is 0.536. The van der Waals surface area contributed by atoms with E-state index in [1.165, 1.54) is 25.6 Å². The smallest absolute Gasteiger partial charge is 0.134 e. The standard InChI is InChI=1S/C12H20N4/c1-8-3-4-10(5-8)6-14-12-9(2)11(13)15-7-16-12/h7-8,10H,3-6H2,1-2H3,(H3,13,14,15,16). The van der Waals surface area contributed by atoms with Crippen molar-refractivity contribution in [2.24, 2.45) is 11.8 Å². The zero-order chi connectivity index (χ0) is 11.5. The molecule has 88 valence electrons. The second-order valence-corrected chi connectivity index (χ2v) is 4.90. The van der Waals surface area contributed by atoms with E-state index in [4.69, 9.17) is 5.73 Å². The Kier molecular flexibility index (Phi) is 3.27. The number of nitrogens with zero attached hydrogens (tertiary/aromatic N) is 2. The highest BCUT2D eigenvalue weighted by Gasteiger charge is 2.21. The van der Waals surface area contributed by atoms with Gasteiger partial charge in [0.2, 0.25) is 0 Å². The highest BCUT2D eigenvalue weighted by molar-refractivity contribution is 5.53. The van der Waals surface area contributed by atoms with Crippen molar-refractivity contribution in [3.05, 3.63) is 11.9 Å². The molecule has 0 amide bonds. The van der Waals surface area contributed by atoms with Gasteiger partial charge in [-0.1, -0.05) is 13.3 Å². The minimum atomic E-state index is 0.567. The first kappa shape index (κ1) is 11.2. The summed E-state index contributed by atoms with van der Waals surface area (Å²) >= 11 is 0. The van der Waals surface area contributed by atoms with Crippen LogP contribution in [0.3, 0.4) is 0 Å². The van der Waals surface area contributed by atoms with E-state index in [1.54, 1.807) is 0 Å². The molecule has 0 aromatic carbocycles. The molecule has 1 saturated carbocycles. The monoisotopic (exact) mass is 220 g/mol. The van der Waals surface area contributed by atoms with Gasteiger partial charge in [0.15, 0.2) is 0 Å². The molecular formula is C12H20N4. The second kappa shape index (κ2) is 4.68. The largest absolute Gasteiger partial charge is 0.383 e. The van der Waals surface area contributed by atoms with Crippen LogP contribution in [0.4, 0.5) is 11.6 Å². The molecule has 4 nitrogen and oxygen atoms in total. The van der Waals surface area contributed by atoms with Crippen molar-refractivity contribution in [1.82, 2.24) is 9.97 Å². The summed E-state index contributed by atoms with van der Waals surface area (Å²) in [5.74, 6) is 3.11. The average Bonchev–Trinajstić information content (AvgIpc) is 2.67. The predicted molar refractivity (Wildman–Crippen MR) is 66.2 cm³/mol. The first-order valence-corrected chi connectivity index (χ1v) is 5.97. The van der Waals surface area contributed by atoms with Gasteiger partial charge in [0.05, 0.1) is 0 Å². The molecule has 2 atom stereocenters. The molecule has 4 heteroatoms. The van der Waals surface area contributed by atoms with Crippen LogP contribution >= 0.6 is 0 Å². The Hall–Kier alpha value is -1.32. The molecule has 16 heavy (non-hydrogen) atoms. The van der Waals surface area contributed by atoms with E-state index in [0.717, 1.165) is 29.8 Å². The second-order valence-electron chi connectivity index (χ2n) is 4.90. The van der Waals surface area contributed by atoms with Gasteiger partial charge in [-0.25, -0.2) is 9.97 Å². The lowest BCUT2D eigenvalue weighted by Crippen LogP contribution is -2.14. The fourth-order valence-electron chi connectivity index (χ4n) is 2.39. The zero-order valence-electron chi connectivity index (χ0n) is 10.0. The number of hydrogen-bond acceptors (Lipinski definition) is 4. The van der Waals surface area contributed by atoms with Gasteiger partial charge < -0.3 is 11.1 Å². The van der Waals surface area contributed by atoms with Gasteiger partial charge in [0.1, 0.15) is 18.0 Å². The van der Waals surface area contributed by atoms with Crippen LogP contribution in [-0.2, 0) is 0 Å². The molecule has 3 N–H and O–H groups in total. The van der Waals surface area contributed by atoms with E-state index in [9.17, 15) is 0 Å². The third kappa shape index (κ3) is 2.43. The van der Waals surface area contributed by atoms with E-state index in [1.807, 2.05) is 6.92 Å². The number of rotatable bonds is 3. The van der Waals surface area contributed by atoms with Crippen molar-refractivity contribution < 1.29 is 0 Å². The van der Waals surface area contributed by atoms with Crippen LogP contribution in [0, 0.1) is 18.8 Å². The summed E-state index contributed by atoms with van der Waals surface area (Å²) in [5, 5.41) is 3.39. The van der Waals surface area contributed by atoms with Crippen molar-refractivity contribution in [3.8, 4) is 0 Å². The Morgan fingerprint density at radius 3 is 2.94 bits per heavy atom. The van der Waals surface area contributed by atoms with E-state index >= 15 is 0 Å². The SMILES string of the molecule is Cc1c(N)ncnc1NCC1CCC(C)C1. The van der Waals surface area contributed by atoms with Crippen LogP contribution in [-0.4, -0.2) is 16.5 Å². The molecule has 1 heterocycles. The molecule has 0 radical (unpaired) electrons. The van der Waals surface area contributed by atoms with Gasteiger partial charge in [-0.3, -0.25) is 0 Å². The molecule has 0 saturated heterocycles. The maximum Gasteiger partial charge on any atom is 0.134 e. The van der Waals surface area contributed by atoms with Gasteiger partial charge >= 0.3 is 0 Å². The molecule has 0 aliphatic heterocycles. The highest BCUT2D eigenvalue weighted by Crippen LogP contribution is 2.30. The molecule has 1 aromatic rings. The third-order valence-electron chi connectivity index (χ3n) is 3.48. The van der Waals surface area contributed by atoms with Crippen LogP contribution in [0.25, 0.3) is 0 Å². The van der Waals surface area contributed by atoms with Gasteiger partial charge in [0.25, 0.3) is 0 Å². The third-order valence-corrected chi connectivity index (χ3v) is 3.48. The summed E-state index contributed by atoms with van der Waals surface area (Å²) < 4.78 is 0. The van der Waals surface area contributed by atoms with Crippen LogP contribution in [0.15, 0.2) is 6.33 Å².